The Labute approximate surface area is 116 Å². The van der Waals surface area contributed by atoms with Gasteiger partial charge in [0.25, 0.3) is 0 Å². The Morgan fingerprint density at radius 2 is 2.06 bits per heavy atom. The minimum absolute atomic E-state index is 0.245. The van der Waals surface area contributed by atoms with E-state index in [4.69, 9.17) is 4.74 Å². The highest BCUT2D eigenvalue weighted by Crippen LogP contribution is 2.29. The second-order valence-electron chi connectivity index (χ2n) is 5.03. The standard InChI is InChI=1S/C15H27NOS/c1-6-9-16-14(13-8-10-18-12(13)5)15(11(3)4)17-7-2/h8,10-11,14-16H,6-7,9H2,1-5H3. The molecule has 0 amide bonds. The molecule has 104 valence electrons. The largest absolute Gasteiger partial charge is 0.376 e. The van der Waals surface area contributed by atoms with E-state index in [1.165, 1.54) is 10.4 Å². The molecule has 0 aliphatic heterocycles. The van der Waals surface area contributed by atoms with Crippen molar-refractivity contribution in [2.75, 3.05) is 13.2 Å². The van der Waals surface area contributed by atoms with Gasteiger partial charge in [0.05, 0.1) is 12.1 Å². The average molecular weight is 269 g/mol. The van der Waals surface area contributed by atoms with Crippen LogP contribution in [0.3, 0.4) is 0 Å². The van der Waals surface area contributed by atoms with Crippen molar-refractivity contribution >= 4 is 11.3 Å². The predicted octanol–water partition coefficient (Wildman–Crippen LogP) is 4.16. The molecule has 18 heavy (non-hydrogen) atoms. The molecule has 0 spiro atoms. The monoisotopic (exact) mass is 269 g/mol. The van der Waals surface area contributed by atoms with Crippen LogP contribution in [0.25, 0.3) is 0 Å². The molecule has 0 saturated heterocycles. The molecule has 3 heteroatoms. The fourth-order valence-electron chi connectivity index (χ4n) is 2.29. The van der Waals surface area contributed by atoms with Crippen LogP contribution >= 0.6 is 11.3 Å². The molecule has 0 aliphatic rings. The lowest BCUT2D eigenvalue weighted by Gasteiger charge is -2.31. The Morgan fingerprint density at radius 3 is 2.50 bits per heavy atom. The number of hydrogen-bond donors (Lipinski definition) is 1. The Kier molecular flexibility index (Phi) is 6.90. The van der Waals surface area contributed by atoms with Crippen molar-refractivity contribution in [3.8, 4) is 0 Å². The molecule has 0 radical (unpaired) electrons. The highest BCUT2D eigenvalue weighted by molar-refractivity contribution is 7.10. The van der Waals surface area contributed by atoms with Crippen LogP contribution in [0.5, 0.6) is 0 Å². The third kappa shape index (κ3) is 4.08. The zero-order valence-electron chi connectivity index (χ0n) is 12.3. The van der Waals surface area contributed by atoms with Crippen LogP contribution in [0.4, 0.5) is 0 Å². The van der Waals surface area contributed by atoms with Crippen molar-refractivity contribution in [2.45, 2.75) is 53.2 Å². The van der Waals surface area contributed by atoms with Crippen LogP contribution in [0.1, 0.15) is 50.6 Å². The predicted molar refractivity (Wildman–Crippen MR) is 80.3 cm³/mol. The van der Waals surface area contributed by atoms with E-state index >= 15 is 0 Å². The quantitative estimate of drug-likeness (QED) is 0.765. The Morgan fingerprint density at radius 1 is 1.33 bits per heavy atom. The molecule has 1 aromatic rings. The number of aryl methyl sites for hydroxylation is 1. The Bertz CT molecular complexity index is 335. The number of nitrogens with one attached hydrogen (secondary N) is 1. The summed E-state index contributed by atoms with van der Waals surface area (Å²) in [5, 5.41) is 5.84. The summed E-state index contributed by atoms with van der Waals surface area (Å²) in [6.07, 6.45) is 1.39. The number of ether oxygens (including phenoxy) is 1. The normalized spacial score (nSPS) is 15.0. The molecule has 0 fully saturated rings. The van der Waals surface area contributed by atoms with Gasteiger partial charge in [-0.1, -0.05) is 20.8 Å². The van der Waals surface area contributed by atoms with Gasteiger partial charge in [-0.2, -0.15) is 0 Å². The van der Waals surface area contributed by atoms with Crippen molar-refractivity contribution in [2.24, 2.45) is 5.92 Å². The van der Waals surface area contributed by atoms with Crippen LogP contribution < -0.4 is 5.32 Å². The summed E-state index contributed by atoms with van der Waals surface area (Å²) in [6.45, 7) is 12.8. The number of thiophene rings is 1. The Balaban J connectivity index is 2.91. The van der Waals surface area contributed by atoms with Gasteiger partial charge in [-0.05, 0) is 49.7 Å². The highest BCUT2D eigenvalue weighted by atomic mass is 32.1. The molecule has 0 aromatic carbocycles. The summed E-state index contributed by atoms with van der Waals surface area (Å²) in [7, 11) is 0. The van der Waals surface area contributed by atoms with Crippen LogP contribution in [0, 0.1) is 12.8 Å². The number of rotatable bonds is 8. The summed E-state index contributed by atoms with van der Waals surface area (Å²) in [6, 6.07) is 2.55. The van der Waals surface area contributed by atoms with Crippen LogP contribution in [-0.4, -0.2) is 19.3 Å². The van der Waals surface area contributed by atoms with Crippen molar-refractivity contribution in [3.05, 3.63) is 21.9 Å². The first-order valence-electron chi connectivity index (χ1n) is 7.00. The third-order valence-electron chi connectivity index (χ3n) is 3.19. The van der Waals surface area contributed by atoms with E-state index < -0.39 is 0 Å². The topological polar surface area (TPSA) is 21.3 Å². The smallest absolute Gasteiger partial charge is 0.0792 e. The SMILES string of the molecule is CCCNC(c1ccsc1C)C(OCC)C(C)C. The molecule has 1 rings (SSSR count). The zero-order valence-corrected chi connectivity index (χ0v) is 13.1. The van der Waals surface area contributed by atoms with Gasteiger partial charge in [0, 0.05) is 11.5 Å². The van der Waals surface area contributed by atoms with Gasteiger partial charge >= 0.3 is 0 Å². The first-order chi connectivity index (χ1) is 8.61. The summed E-state index contributed by atoms with van der Waals surface area (Å²) in [5.41, 5.74) is 1.40. The van der Waals surface area contributed by atoms with E-state index in [1.807, 2.05) is 11.3 Å². The van der Waals surface area contributed by atoms with E-state index in [0.29, 0.717) is 12.0 Å². The average Bonchev–Trinajstić information content (AvgIpc) is 2.74. The van der Waals surface area contributed by atoms with E-state index in [9.17, 15) is 0 Å². The lowest BCUT2D eigenvalue weighted by Crippen LogP contribution is -2.37. The second kappa shape index (κ2) is 7.93. The fourth-order valence-corrected chi connectivity index (χ4v) is 3.04. The van der Waals surface area contributed by atoms with E-state index in [2.05, 4.69) is 51.4 Å². The minimum Gasteiger partial charge on any atom is -0.376 e. The first-order valence-corrected chi connectivity index (χ1v) is 7.88. The molecule has 0 bridgehead atoms. The van der Waals surface area contributed by atoms with Crippen molar-refractivity contribution < 1.29 is 4.74 Å². The van der Waals surface area contributed by atoms with E-state index in [1.54, 1.807) is 0 Å². The molecule has 2 nitrogen and oxygen atoms in total. The molecule has 1 N–H and O–H groups in total. The van der Waals surface area contributed by atoms with Crippen LogP contribution in [0.15, 0.2) is 11.4 Å². The van der Waals surface area contributed by atoms with Gasteiger partial charge in [0.1, 0.15) is 0 Å². The molecule has 0 aliphatic carbocycles. The van der Waals surface area contributed by atoms with Crippen LogP contribution in [0.2, 0.25) is 0 Å². The van der Waals surface area contributed by atoms with Gasteiger partial charge in [-0.3, -0.25) is 0 Å². The Hall–Kier alpha value is -0.380. The van der Waals surface area contributed by atoms with Gasteiger partial charge < -0.3 is 10.1 Å². The summed E-state index contributed by atoms with van der Waals surface area (Å²) < 4.78 is 5.98. The van der Waals surface area contributed by atoms with Gasteiger partial charge in [-0.15, -0.1) is 11.3 Å². The van der Waals surface area contributed by atoms with Gasteiger partial charge in [0.2, 0.25) is 0 Å². The molecule has 1 aromatic heterocycles. The zero-order chi connectivity index (χ0) is 13.5. The maximum atomic E-state index is 5.98. The van der Waals surface area contributed by atoms with Crippen molar-refractivity contribution in [3.63, 3.8) is 0 Å². The number of hydrogen-bond acceptors (Lipinski definition) is 3. The maximum Gasteiger partial charge on any atom is 0.0792 e. The van der Waals surface area contributed by atoms with E-state index in [0.717, 1.165) is 19.6 Å². The summed E-state index contributed by atoms with van der Waals surface area (Å²) in [4.78, 5) is 1.40. The van der Waals surface area contributed by atoms with E-state index in [-0.39, 0.29) is 6.10 Å². The fraction of sp³-hybridized carbons (Fsp3) is 0.733. The molecule has 1 heterocycles. The summed E-state index contributed by atoms with van der Waals surface area (Å²) >= 11 is 1.82. The second-order valence-corrected chi connectivity index (χ2v) is 6.15. The highest BCUT2D eigenvalue weighted by Gasteiger charge is 2.27. The lowest BCUT2D eigenvalue weighted by molar-refractivity contribution is 0.00280. The minimum atomic E-state index is 0.245. The molecular weight excluding hydrogens is 242 g/mol. The third-order valence-corrected chi connectivity index (χ3v) is 4.05. The van der Waals surface area contributed by atoms with Gasteiger partial charge in [-0.25, -0.2) is 0 Å². The summed E-state index contributed by atoms with van der Waals surface area (Å²) in [5.74, 6) is 0.513. The molecule has 2 unspecified atom stereocenters. The van der Waals surface area contributed by atoms with Crippen molar-refractivity contribution in [1.29, 1.82) is 0 Å². The molecular formula is C15H27NOS. The first kappa shape index (κ1) is 15.7. The maximum absolute atomic E-state index is 5.98. The lowest BCUT2D eigenvalue weighted by atomic mass is 9.93. The van der Waals surface area contributed by atoms with Gasteiger partial charge in [0.15, 0.2) is 0 Å². The molecule has 0 saturated carbocycles. The van der Waals surface area contributed by atoms with Crippen molar-refractivity contribution in [1.82, 2.24) is 5.32 Å². The van der Waals surface area contributed by atoms with Crippen LogP contribution in [-0.2, 0) is 4.74 Å². The molecule has 2 atom stereocenters.